The van der Waals surface area contributed by atoms with Gasteiger partial charge >= 0.3 is 0 Å². The van der Waals surface area contributed by atoms with Gasteiger partial charge in [-0.05, 0) is 19.3 Å². The summed E-state index contributed by atoms with van der Waals surface area (Å²) in [5.41, 5.74) is 4.90. The van der Waals surface area contributed by atoms with Crippen LogP contribution in [0, 0.1) is 5.92 Å². The van der Waals surface area contributed by atoms with Crippen molar-refractivity contribution in [2.45, 2.75) is 39.3 Å². The number of amides is 4. The normalized spacial score (nSPS) is 13.1. The van der Waals surface area contributed by atoms with E-state index in [1.54, 1.807) is 0 Å². The van der Waals surface area contributed by atoms with Gasteiger partial charge in [0.05, 0.1) is 6.54 Å². The molecule has 5 N–H and O–H groups in total. The fourth-order valence-corrected chi connectivity index (χ4v) is 1.82. The summed E-state index contributed by atoms with van der Waals surface area (Å²) < 4.78 is 0. The molecule has 132 valence electrons. The highest BCUT2D eigenvalue weighted by atomic mass is 35.5. The predicted octanol–water partition coefficient (Wildman–Crippen LogP) is -1.04. The predicted molar refractivity (Wildman–Crippen MR) is 82.4 cm³/mol. The molecule has 0 aromatic rings. The fourth-order valence-electron chi connectivity index (χ4n) is 1.70. The molecule has 0 aliphatic carbocycles. The SMILES string of the molecule is CC(C)C[C@@H](C(=O)N[C@@H](C)C(=O)NCC(N)=O)N(O)C(=O)CCl. The van der Waals surface area contributed by atoms with Crippen molar-refractivity contribution in [2.75, 3.05) is 12.4 Å². The first-order valence-corrected chi connectivity index (χ1v) is 7.56. The maximum absolute atomic E-state index is 12.2. The van der Waals surface area contributed by atoms with Crippen LogP contribution in [0.1, 0.15) is 27.2 Å². The van der Waals surface area contributed by atoms with Crippen LogP contribution in [0.5, 0.6) is 0 Å². The molecule has 0 aliphatic heterocycles. The number of hydrogen-bond acceptors (Lipinski definition) is 5. The summed E-state index contributed by atoms with van der Waals surface area (Å²) in [6, 6.07) is -2.15. The molecule has 0 aromatic carbocycles. The smallest absolute Gasteiger partial charge is 0.261 e. The van der Waals surface area contributed by atoms with E-state index >= 15 is 0 Å². The minimum Gasteiger partial charge on any atom is -0.368 e. The van der Waals surface area contributed by atoms with Gasteiger partial charge in [0.2, 0.25) is 17.7 Å². The molecule has 0 unspecified atom stereocenters. The number of primary amides is 1. The molecule has 0 saturated heterocycles. The molecule has 0 saturated carbocycles. The largest absolute Gasteiger partial charge is 0.368 e. The molecule has 0 spiro atoms. The van der Waals surface area contributed by atoms with Gasteiger partial charge in [0, 0.05) is 0 Å². The van der Waals surface area contributed by atoms with Crippen molar-refractivity contribution in [1.82, 2.24) is 15.7 Å². The van der Waals surface area contributed by atoms with Crippen LogP contribution < -0.4 is 16.4 Å². The van der Waals surface area contributed by atoms with Gasteiger partial charge in [-0.1, -0.05) is 13.8 Å². The minimum atomic E-state index is -1.17. The van der Waals surface area contributed by atoms with E-state index in [9.17, 15) is 24.4 Å². The number of hydroxylamine groups is 2. The van der Waals surface area contributed by atoms with E-state index in [2.05, 4.69) is 10.6 Å². The van der Waals surface area contributed by atoms with Gasteiger partial charge in [0.25, 0.3) is 5.91 Å². The number of halogens is 1. The Morgan fingerprint density at radius 2 is 1.74 bits per heavy atom. The molecule has 0 aliphatic rings. The molecule has 0 aromatic heterocycles. The monoisotopic (exact) mass is 350 g/mol. The topological polar surface area (TPSA) is 142 Å². The van der Waals surface area contributed by atoms with Crippen molar-refractivity contribution in [3.8, 4) is 0 Å². The number of hydrogen-bond donors (Lipinski definition) is 4. The lowest BCUT2D eigenvalue weighted by Gasteiger charge is -2.27. The molecule has 23 heavy (non-hydrogen) atoms. The third-order valence-electron chi connectivity index (χ3n) is 2.85. The van der Waals surface area contributed by atoms with Gasteiger partial charge in [-0.25, -0.2) is 5.06 Å². The van der Waals surface area contributed by atoms with Gasteiger partial charge < -0.3 is 16.4 Å². The summed E-state index contributed by atoms with van der Waals surface area (Å²) in [5.74, 6) is -3.34. The number of carbonyl (C=O) groups excluding carboxylic acids is 4. The van der Waals surface area contributed by atoms with Crippen LogP contribution in [0.4, 0.5) is 0 Å². The quantitative estimate of drug-likeness (QED) is 0.239. The van der Waals surface area contributed by atoms with Gasteiger partial charge in [-0.2, -0.15) is 0 Å². The number of rotatable bonds is 9. The second-order valence-electron chi connectivity index (χ2n) is 5.43. The zero-order valence-electron chi connectivity index (χ0n) is 13.3. The van der Waals surface area contributed by atoms with Gasteiger partial charge in [-0.15, -0.1) is 11.6 Å². The molecule has 9 nitrogen and oxygen atoms in total. The first-order chi connectivity index (χ1) is 10.6. The molecular weight excluding hydrogens is 328 g/mol. The number of alkyl halides is 1. The molecule has 0 rings (SSSR count). The summed E-state index contributed by atoms with van der Waals surface area (Å²) in [4.78, 5) is 46.0. The summed E-state index contributed by atoms with van der Waals surface area (Å²) >= 11 is 5.37. The maximum atomic E-state index is 12.2. The zero-order valence-corrected chi connectivity index (χ0v) is 14.1. The highest BCUT2D eigenvalue weighted by Gasteiger charge is 2.31. The molecule has 0 bridgehead atoms. The van der Waals surface area contributed by atoms with Crippen LogP contribution in [-0.2, 0) is 19.2 Å². The van der Waals surface area contributed by atoms with E-state index in [1.807, 2.05) is 13.8 Å². The van der Waals surface area contributed by atoms with Gasteiger partial charge in [-0.3, -0.25) is 24.4 Å². The van der Waals surface area contributed by atoms with Crippen LogP contribution in [0.3, 0.4) is 0 Å². The summed E-state index contributed by atoms with van der Waals surface area (Å²) in [5, 5.41) is 14.7. The lowest BCUT2D eigenvalue weighted by atomic mass is 10.0. The average molecular weight is 351 g/mol. The lowest BCUT2D eigenvalue weighted by Crippen LogP contribution is -2.54. The van der Waals surface area contributed by atoms with Gasteiger partial charge in [0.1, 0.15) is 18.0 Å². The number of nitrogens with two attached hydrogens (primary N) is 1. The third kappa shape index (κ3) is 7.80. The summed E-state index contributed by atoms with van der Waals surface area (Å²) in [6.07, 6.45) is 0.181. The second-order valence-corrected chi connectivity index (χ2v) is 5.70. The second kappa shape index (κ2) is 10.0. The van der Waals surface area contributed by atoms with Crippen molar-refractivity contribution >= 4 is 35.2 Å². The number of nitrogens with zero attached hydrogens (tertiary/aromatic N) is 1. The Hall–Kier alpha value is -1.87. The molecule has 0 heterocycles. The molecule has 2 atom stereocenters. The first-order valence-electron chi connectivity index (χ1n) is 7.03. The lowest BCUT2D eigenvalue weighted by molar-refractivity contribution is -0.179. The number of nitrogens with one attached hydrogen (secondary N) is 2. The fraction of sp³-hybridized carbons (Fsp3) is 0.692. The van der Waals surface area contributed by atoms with E-state index in [1.165, 1.54) is 6.92 Å². The van der Waals surface area contributed by atoms with Crippen molar-refractivity contribution in [3.63, 3.8) is 0 Å². The molecule has 10 heteroatoms. The van der Waals surface area contributed by atoms with E-state index in [0.717, 1.165) is 0 Å². The average Bonchev–Trinajstić information content (AvgIpc) is 2.47. The molecule has 0 fully saturated rings. The Bertz CT molecular complexity index is 458. The molecule has 4 amide bonds. The Morgan fingerprint density at radius 1 is 1.17 bits per heavy atom. The van der Waals surface area contributed by atoms with E-state index < -0.39 is 41.6 Å². The highest BCUT2D eigenvalue weighted by Crippen LogP contribution is 2.11. The van der Waals surface area contributed by atoms with Crippen molar-refractivity contribution in [2.24, 2.45) is 11.7 Å². The van der Waals surface area contributed by atoms with Crippen molar-refractivity contribution in [3.05, 3.63) is 0 Å². The van der Waals surface area contributed by atoms with E-state index in [-0.39, 0.29) is 23.9 Å². The molecular formula is C13H23ClN4O5. The minimum absolute atomic E-state index is 0.00233. The van der Waals surface area contributed by atoms with Crippen LogP contribution in [-0.4, -0.2) is 58.4 Å². The Balaban J connectivity index is 4.85. The van der Waals surface area contributed by atoms with Gasteiger partial charge in [0.15, 0.2) is 0 Å². The maximum Gasteiger partial charge on any atom is 0.261 e. The highest BCUT2D eigenvalue weighted by molar-refractivity contribution is 6.27. The number of carbonyl (C=O) groups is 4. The standard InChI is InChI=1S/C13H23ClN4O5/c1-7(2)4-9(18(23)11(20)5-14)13(22)17-8(3)12(21)16-6-10(15)19/h7-9,23H,4-6H2,1-3H3,(H2,15,19)(H,16,21)(H,17,22)/t8-,9-/m0/s1. The van der Waals surface area contributed by atoms with Crippen LogP contribution in [0.15, 0.2) is 0 Å². The van der Waals surface area contributed by atoms with Crippen LogP contribution in [0.2, 0.25) is 0 Å². The Kier molecular flexibility index (Phi) is 9.19. The van der Waals surface area contributed by atoms with Crippen LogP contribution in [0.25, 0.3) is 0 Å². The van der Waals surface area contributed by atoms with Crippen molar-refractivity contribution in [1.29, 1.82) is 0 Å². The Morgan fingerprint density at radius 3 is 2.17 bits per heavy atom. The van der Waals surface area contributed by atoms with E-state index in [0.29, 0.717) is 0 Å². The molecule has 0 radical (unpaired) electrons. The van der Waals surface area contributed by atoms with Crippen LogP contribution >= 0.6 is 11.6 Å². The zero-order chi connectivity index (χ0) is 18.2. The first kappa shape index (κ1) is 21.1. The van der Waals surface area contributed by atoms with Crippen molar-refractivity contribution < 1.29 is 24.4 Å². The van der Waals surface area contributed by atoms with E-state index in [4.69, 9.17) is 17.3 Å². The summed E-state index contributed by atoms with van der Waals surface area (Å²) in [7, 11) is 0. The summed E-state index contributed by atoms with van der Waals surface area (Å²) in [6.45, 7) is 4.65. The third-order valence-corrected chi connectivity index (χ3v) is 3.08. The Labute approximate surface area is 139 Å².